The predicted molar refractivity (Wildman–Crippen MR) is 86.9 cm³/mol. The van der Waals surface area contributed by atoms with Gasteiger partial charge < -0.3 is 5.32 Å². The van der Waals surface area contributed by atoms with Crippen LogP contribution in [0.5, 0.6) is 0 Å². The molecule has 0 radical (unpaired) electrons. The van der Waals surface area contributed by atoms with Crippen molar-refractivity contribution in [2.24, 2.45) is 0 Å². The van der Waals surface area contributed by atoms with Crippen molar-refractivity contribution in [3.63, 3.8) is 0 Å². The molecule has 21 heavy (non-hydrogen) atoms. The Kier molecular flexibility index (Phi) is 3.58. The lowest BCUT2D eigenvalue weighted by molar-refractivity contribution is 1.02. The number of benzene rings is 2. The number of nitrogens with zero attached hydrogens (tertiary/aromatic N) is 2. The summed E-state index contributed by atoms with van der Waals surface area (Å²) in [7, 11) is 0. The van der Waals surface area contributed by atoms with Gasteiger partial charge in [-0.1, -0.05) is 29.8 Å². The van der Waals surface area contributed by atoms with Gasteiger partial charge in [0.25, 0.3) is 0 Å². The molecule has 0 atom stereocenters. The minimum absolute atomic E-state index is 0.102. The molecule has 106 valence electrons. The highest BCUT2D eigenvalue weighted by molar-refractivity contribution is 7.03. The number of aryl methyl sites for hydroxylation is 2. The number of anilines is 2. The third-order valence-electron chi connectivity index (χ3n) is 3.17. The van der Waals surface area contributed by atoms with Crippen molar-refractivity contribution in [3.8, 4) is 5.69 Å². The van der Waals surface area contributed by atoms with Crippen LogP contribution >= 0.6 is 11.5 Å². The van der Waals surface area contributed by atoms with Crippen LogP contribution in [0.25, 0.3) is 5.69 Å². The Hall–Kier alpha value is -2.40. The molecule has 1 aromatic heterocycles. The third-order valence-corrected chi connectivity index (χ3v) is 3.78. The summed E-state index contributed by atoms with van der Waals surface area (Å²) in [4.78, 5) is 12.0. The molecule has 3 rings (SSSR count). The van der Waals surface area contributed by atoms with Gasteiger partial charge >= 0.3 is 4.87 Å². The first kappa shape index (κ1) is 13.6. The Morgan fingerprint density at radius 3 is 2.52 bits per heavy atom. The Labute approximate surface area is 126 Å². The van der Waals surface area contributed by atoms with Crippen LogP contribution in [0.3, 0.4) is 0 Å². The Morgan fingerprint density at radius 2 is 1.81 bits per heavy atom. The van der Waals surface area contributed by atoms with E-state index in [1.807, 2.05) is 62.4 Å². The summed E-state index contributed by atoms with van der Waals surface area (Å²) in [6.07, 6.45) is 0. The van der Waals surface area contributed by atoms with Crippen LogP contribution in [-0.2, 0) is 0 Å². The summed E-state index contributed by atoms with van der Waals surface area (Å²) < 4.78 is 5.82. The minimum Gasteiger partial charge on any atom is -0.324 e. The van der Waals surface area contributed by atoms with Crippen LogP contribution in [0.15, 0.2) is 53.3 Å². The van der Waals surface area contributed by atoms with Crippen molar-refractivity contribution in [2.45, 2.75) is 13.8 Å². The fraction of sp³-hybridized carbons (Fsp3) is 0.125. The quantitative estimate of drug-likeness (QED) is 0.802. The van der Waals surface area contributed by atoms with E-state index in [4.69, 9.17) is 0 Å². The van der Waals surface area contributed by atoms with Gasteiger partial charge in [0.05, 0.1) is 5.69 Å². The van der Waals surface area contributed by atoms with Crippen molar-refractivity contribution in [1.29, 1.82) is 0 Å². The first-order valence-electron chi connectivity index (χ1n) is 6.63. The van der Waals surface area contributed by atoms with E-state index in [-0.39, 0.29) is 4.87 Å². The van der Waals surface area contributed by atoms with E-state index in [9.17, 15) is 4.79 Å². The Morgan fingerprint density at radius 1 is 1.05 bits per heavy atom. The average molecular weight is 297 g/mol. The van der Waals surface area contributed by atoms with Crippen molar-refractivity contribution in [1.82, 2.24) is 8.94 Å². The Bertz CT molecular complexity index is 818. The van der Waals surface area contributed by atoms with Gasteiger partial charge in [0.2, 0.25) is 5.95 Å². The van der Waals surface area contributed by atoms with E-state index >= 15 is 0 Å². The van der Waals surface area contributed by atoms with Gasteiger partial charge in [-0.05, 0) is 43.7 Å². The number of hydrogen-bond acceptors (Lipinski definition) is 4. The molecule has 2 aromatic carbocycles. The maximum Gasteiger partial charge on any atom is 0.332 e. The normalized spacial score (nSPS) is 10.6. The molecule has 1 N–H and O–H groups in total. The molecule has 0 fully saturated rings. The van der Waals surface area contributed by atoms with Crippen molar-refractivity contribution < 1.29 is 0 Å². The monoisotopic (exact) mass is 297 g/mol. The zero-order valence-corrected chi connectivity index (χ0v) is 12.6. The zero-order valence-electron chi connectivity index (χ0n) is 11.8. The third kappa shape index (κ3) is 2.87. The molecular formula is C16H15N3OS. The van der Waals surface area contributed by atoms with Crippen molar-refractivity contribution in [2.75, 3.05) is 5.32 Å². The number of nitrogens with one attached hydrogen (secondary N) is 1. The van der Waals surface area contributed by atoms with Gasteiger partial charge in [-0.25, -0.2) is 4.57 Å². The number of aromatic nitrogens is 2. The molecule has 0 amide bonds. The molecule has 0 saturated carbocycles. The van der Waals surface area contributed by atoms with E-state index in [1.165, 1.54) is 5.56 Å². The molecular weight excluding hydrogens is 282 g/mol. The summed E-state index contributed by atoms with van der Waals surface area (Å²) in [5.74, 6) is 0.541. The molecule has 0 unspecified atom stereocenters. The molecule has 1 heterocycles. The second kappa shape index (κ2) is 5.54. The number of rotatable bonds is 3. The smallest absolute Gasteiger partial charge is 0.324 e. The zero-order chi connectivity index (χ0) is 14.8. The van der Waals surface area contributed by atoms with Gasteiger partial charge in [0.1, 0.15) is 0 Å². The van der Waals surface area contributed by atoms with E-state index in [2.05, 4.69) is 9.69 Å². The van der Waals surface area contributed by atoms with Gasteiger partial charge in [0, 0.05) is 17.2 Å². The standard InChI is InChI=1S/C16H15N3OS/c1-11-6-8-13(9-7-11)17-15-18-21-16(20)19(15)14-5-3-4-12(2)10-14/h3-10H,1-2H3,(H,17,18). The molecule has 0 aliphatic rings. The molecule has 3 aromatic rings. The maximum absolute atomic E-state index is 12.1. The second-order valence-corrected chi connectivity index (χ2v) is 5.65. The van der Waals surface area contributed by atoms with Crippen molar-refractivity contribution in [3.05, 3.63) is 69.3 Å². The first-order valence-corrected chi connectivity index (χ1v) is 7.40. The van der Waals surface area contributed by atoms with Crippen LogP contribution in [-0.4, -0.2) is 8.94 Å². The Balaban J connectivity index is 2.01. The lowest BCUT2D eigenvalue weighted by Crippen LogP contribution is -2.13. The fourth-order valence-corrected chi connectivity index (χ4v) is 2.66. The summed E-state index contributed by atoms with van der Waals surface area (Å²) in [6.45, 7) is 4.04. The highest BCUT2D eigenvalue weighted by atomic mass is 32.1. The van der Waals surface area contributed by atoms with Crippen LogP contribution in [0.4, 0.5) is 11.6 Å². The molecule has 0 aliphatic heterocycles. The minimum atomic E-state index is -0.102. The lowest BCUT2D eigenvalue weighted by Gasteiger charge is -2.09. The lowest BCUT2D eigenvalue weighted by atomic mass is 10.2. The van der Waals surface area contributed by atoms with E-state index in [0.717, 1.165) is 28.5 Å². The van der Waals surface area contributed by atoms with Crippen LogP contribution < -0.4 is 10.2 Å². The van der Waals surface area contributed by atoms with Crippen molar-refractivity contribution >= 4 is 23.2 Å². The average Bonchev–Trinajstić information content (AvgIpc) is 2.82. The highest BCUT2D eigenvalue weighted by Crippen LogP contribution is 2.19. The first-order chi connectivity index (χ1) is 10.1. The van der Waals surface area contributed by atoms with Gasteiger partial charge in [-0.2, -0.15) is 4.37 Å². The topological polar surface area (TPSA) is 46.9 Å². The molecule has 0 bridgehead atoms. The summed E-state index contributed by atoms with van der Waals surface area (Å²) >= 11 is 0.949. The molecule has 4 nitrogen and oxygen atoms in total. The van der Waals surface area contributed by atoms with Gasteiger partial charge in [0.15, 0.2) is 0 Å². The van der Waals surface area contributed by atoms with E-state index < -0.39 is 0 Å². The second-order valence-electron chi connectivity index (χ2n) is 4.94. The van der Waals surface area contributed by atoms with Crippen LogP contribution in [0.2, 0.25) is 0 Å². The SMILES string of the molecule is Cc1ccc(Nc2nsc(=O)n2-c2cccc(C)c2)cc1. The summed E-state index contributed by atoms with van der Waals surface area (Å²) in [6, 6.07) is 15.8. The van der Waals surface area contributed by atoms with E-state index in [0.29, 0.717) is 5.95 Å². The highest BCUT2D eigenvalue weighted by Gasteiger charge is 2.11. The largest absolute Gasteiger partial charge is 0.332 e. The number of hydrogen-bond donors (Lipinski definition) is 1. The van der Waals surface area contributed by atoms with Crippen LogP contribution in [0.1, 0.15) is 11.1 Å². The molecule has 5 heteroatoms. The molecule has 0 spiro atoms. The molecule has 0 saturated heterocycles. The summed E-state index contributed by atoms with van der Waals surface area (Å²) in [5, 5.41) is 3.20. The van der Waals surface area contributed by atoms with Crippen LogP contribution in [0, 0.1) is 13.8 Å². The molecule has 0 aliphatic carbocycles. The van der Waals surface area contributed by atoms with Gasteiger partial charge in [-0.15, -0.1) is 0 Å². The summed E-state index contributed by atoms with van der Waals surface area (Å²) in [5.41, 5.74) is 4.03. The van der Waals surface area contributed by atoms with Gasteiger partial charge in [-0.3, -0.25) is 4.79 Å². The predicted octanol–water partition coefficient (Wildman–Crippen LogP) is 3.65. The maximum atomic E-state index is 12.1. The van der Waals surface area contributed by atoms with E-state index in [1.54, 1.807) is 4.57 Å². The fourth-order valence-electron chi connectivity index (χ4n) is 2.09.